The summed E-state index contributed by atoms with van der Waals surface area (Å²) >= 11 is 3.04. The van der Waals surface area contributed by atoms with Crippen molar-refractivity contribution in [3.8, 4) is 5.75 Å². The van der Waals surface area contributed by atoms with Crippen molar-refractivity contribution in [1.29, 1.82) is 0 Å². The number of hydrogen-bond acceptors (Lipinski definition) is 6. The maximum atomic E-state index is 13.6. The highest BCUT2D eigenvalue weighted by Gasteiger charge is 2.16. The Labute approximate surface area is 181 Å². The SMILES string of the molecule is Cc1nc2c(cc(OCC(=O)NCC(=O)Nc3ccc(F)c(F)c3F)c3ccsc32)s1. The highest BCUT2D eigenvalue weighted by Crippen LogP contribution is 2.38. The Balaban J connectivity index is 1.36. The molecule has 0 radical (unpaired) electrons. The number of aromatic nitrogens is 1. The van der Waals surface area contributed by atoms with E-state index in [-0.39, 0.29) is 6.61 Å². The predicted molar refractivity (Wildman–Crippen MR) is 113 cm³/mol. The molecule has 31 heavy (non-hydrogen) atoms. The Hall–Kier alpha value is -3.18. The van der Waals surface area contributed by atoms with Gasteiger partial charge in [0.25, 0.3) is 5.91 Å². The highest BCUT2D eigenvalue weighted by atomic mass is 32.1. The van der Waals surface area contributed by atoms with Crippen LogP contribution in [-0.4, -0.2) is 29.9 Å². The summed E-state index contributed by atoms with van der Waals surface area (Å²) < 4.78 is 47.3. The fourth-order valence-electron chi connectivity index (χ4n) is 2.90. The molecule has 0 unspecified atom stereocenters. The molecule has 0 aliphatic heterocycles. The van der Waals surface area contributed by atoms with Crippen LogP contribution in [0, 0.1) is 24.4 Å². The summed E-state index contributed by atoms with van der Waals surface area (Å²) in [5, 5.41) is 8.06. The Morgan fingerprint density at radius 2 is 1.94 bits per heavy atom. The average molecular weight is 465 g/mol. The van der Waals surface area contributed by atoms with Crippen molar-refractivity contribution < 1.29 is 27.5 Å². The lowest BCUT2D eigenvalue weighted by atomic mass is 10.2. The minimum atomic E-state index is -1.69. The second-order valence-electron chi connectivity index (χ2n) is 6.45. The second-order valence-corrected chi connectivity index (χ2v) is 8.61. The van der Waals surface area contributed by atoms with Crippen LogP contribution in [0.3, 0.4) is 0 Å². The van der Waals surface area contributed by atoms with Gasteiger partial charge in [0, 0.05) is 11.5 Å². The number of nitrogens with zero attached hydrogens (tertiary/aromatic N) is 1. The molecule has 0 aliphatic carbocycles. The van der Waals surface area contributed by atoms with Crippen LogP contribution in [0.1, 0.15) is 5.01 Å². The predicted octanol–water partition coefficient (Wildman–Crippen LogP) is 4.37. The first-order chi connectivity index (χ1) is 14.8. The molecule has 0 saturated heterocycles. The average Bonchev–Trinajstić information content (AvgIpc) is 3.36. The van der Waals surface area contributed by atoms with Crippen LogP contribution in [0.25, 0.3) is 20.3 Å². The fraction of sp³-hybridized carbons (Fsp3) is 0.150. The summed E-state index contributed by atoms with van der Waals surface area (Å²) in [5.74, 6) is -5.44. The van der Waals surface area contributed by atoms with E-state index in [1.807, 2.05) is 24.4 Å². The molecule has 2 amide bonds. The van der Waals surface area contributed by atoms with Crippen LogP contribution in [0.5, 0.6) is 5.75 Å². The number of carbonyl (C=O) groups is 2. The zero-order valence-corrected chi connectivity index (χ0v) is 17.6. The van der Waals surface area contributed by atoms with Crippen LogP contribution >= 0.6 is 22.7 Å². The Morgan fingerprint density at radius 1 is 1.13 bits per heavy atom. The largest absolute Gasteiger partial charge is 0.483 e. The van der Waals surface area contributed by atoms with Crippen LogP contribution < -0.4 is 15.4 Å². The molecule has 6 nitrogen and oxygen atoms in total. The van der Waals surface area contributed by atoms with Crippen LogP contribution in [0.2, 0.25) is 0 Å². The third kappa shape index (κ3) is 4.32. The van der Waals surface area contributed by atoms with Gasteiger partial charge < -0.3 is 15.4 Å². The molecular weight excluding hydrogens is 451 g/mol. The van der Waals surface area contributed by atoms with Gasteiger partial charge in [0.1, 0.15) is 5.75 Å². The monoisotopic (exact) mass is 465 g/mol. The maximum Gasteiger partial charge on any atom is 0.258 e. The third-order valence-electron chi connectivity index (χ3n) is 4.28. The topological polar surface area (TPSA) is 80.3 Å². The molecular formula is C20H14F3N3O3S2. The molecule has 4 rings (SSSR count). The van der Waals surface area contributed by atoms with Crippen molar-refractivity contribution in [3.05, 3.63) is 52.1 Å². The number of amides is 2. The number of halogens is 3. The van der Waals surface area contributed by atoms with Gasteiger partial charge in [-0.05, 0) is 30.5 Å². The van der Waals surface area contributed by atoms with Crippen molar-refractivity contribution in [3.63, 3.8) is 0 Å². The Morgan fingerprint density at radius 3 is 2.74 bits per heavy atom. The summed E-state index contributed by atoms with van der Waals surface area (Å²) in [6, 6.07) is 5.28. The maximum absolute atomic E-state index is 13.6. The van der Waals surface area contributed by atoms with Crippen LogP contribution in [-0.2, 0) is 9.59 Å². The normalized spacial score (nSPS) is 11.1. The lowest BCUT2D eigenvalue weighted by Gasteiger charge is -2.10. The standard InChI is InChI=1S/C20H14F3N3O3S2/c1-9-25-19-14(31-9)6-13(10-4-5-30-20(10)19)29-8-16(28)24-7-15(27)26-12-3-2-11(21)17(22)18(12)23/h2-6H,7-8H2,1H3,(H,24,28)(H,26,27). The molecule has 2 aromatic carbocycles. The number of thiophene rings is 1. The van der Waals surface area contributed by atoms with E-state index in [2.05, 4.69) is 15.6 Å². The number of thiazole rings is 1. The van der Waals surface area contributed by atoms with Gasteiger partial charge in [-0.1, -0.05) is 0 Å². The lowest BCUT2D eigenvalue weighted by Crippen LogP contribution is -2.36. The van der Waals surface area contributed by atoms with E-state index in [1.165, 1.54) is 22.7 Å². The number of anilines is 1. The smallest absolute Gasteiger partial charge is 0.258 e. The molecule has 0 aliphatic rings. The second kappa shape index (κ2) is 8.52. The van der Waals surface area contributed by atoms with E-state index in [0.29, 0.717) is 11.8 Å². The molecule has 160 valence electrons. The number of rotatable bonds is 6. The fourth-order valence-corrected chi connectivity index (χ4v) is 4.73. The van der Waals surface area contributed by atoms with Crippen molar-refractivity contribution >= 4 is 60.5 Å². The zero-order valence-electron chi connectivity index (χ0n) is 15.9. The molecule has 0 fully saturated rings. The molecule has 0 spiro atoms. The summed E-state index contributed by atoms with van der Waals surface area (Å²) in [4.78, 5) is 28.5. The lowest BCUT2D eigenvalue weighted by molar-refractivity contribution is -0.125. The van der Waals surface area contributed by atoms with Crippen molar-refractivity contribution in [2.24, 2.45) is 0 Å². The van der Waals surface area contributed by atoms with Gasteiger partial charge in [-0.25, -0.2) is 18.2 Å². The number of carbonyl (C=O) groups excluding carboxylic acids is 2. The molecule has 4 aromatic rings. The summed E-state index contributed by atoms with van der Waals surface area (Å²) in [7, 11) is 0. The van der Waals surface area contributed by atoms with E-state index in [4.69, 9.17) is 4.74 Å². The zero-order chi connectivity index (χ0) is 22.1. The van der Waals surface area contributed by atoms with Gasteiger partial charge in [-0.3, -0.25) is 9.59 Å². The third-order valence-corrected chi connectivity index (χ3v) is 6.12. The van der Waals surface area contributed by atoms with Crippen LogP contribution in [0.4, 0.5) is 18.9 Å². The quantitative estimate of drug-likeness (QED) is 0.415. The number of nitrogens with one attached hydrogen (secondary N) is 2. The van der Waals surface area contributed by atoms with Gasteiger partial charge in [0.05, 0.1) is 32.2 Å². The van der Waals surface area contributed by atoms with Crippen molar-refractivity contribution in [2.45, 2.75) is 6.92 Å². The molecule has 2 heterocycles. The molecule has 0 bridgehead atoms. The Kier molecular flexibility index (Phi) is 5.79. The van der Waals surface area contributed by atoms with Crippen molar-refractivity contribution in [2.75, 3.05) is 18.5 Å². The van der Waals surface area contributed by atoms with Gasteiger partial charge in [-0.15, -0.1) is 22.7 Å². The molecule has 0 saturated carbocycles. The minimum Gasteiger partial charge on any atom is -0.483 e. The van der Waals surface area contributed by atoms with E-state index in [1.54, 1.807) is 0 Å². The number of ether oxygens (including phenoxy) is 1. The van der Waals surface area contributed by atoms with Gasteiger partial charge in [-0.2, -0.15) is 0 Å². The summed E-state index contributed by atoms with van der Waals surface area (Å²) in [6.07, 6.45) is 0. The number of fused-ring (bicyclic) bond motifs is 3. The van der Waals surface area contributed by atoms with E-state index < -0.39 is 41.5 Å². The first-order valence-electron chi connectivity index (χ1n) is 8.93. The Bertz CT molecular complexity index is 1320. The van der Waals surface area contributed by atoms with Gasteiger partial charge in [0.15, 0.2) is 24.1 Å². The molecule has 11 heteroatoms. The summed E-state index contributed by atoms with van der Waals surface area (Å²) in [6.45, 7) is 1.07. The highest BCUT2D eigenvalue weighted by molar-refractivity contribution is 7.21. The van der Waals surface area contributed by atoms with Crippen molar-refractivity contribution in [1.82, 2.24) is 10.3 Å². The number of aryl methyl sites for hydroxylation is 1. The minimum absolute atomic E-state index is 0.346. The van der Waals surface area contributed by atoms with E-state index in [9.17, 15) is 22.8 Å². The molecule has 0 atom stereocenters. The van der Waals surface area contributed by atoms with Gasteiger partial charge >= 0.3 is 0 Å². The first-order valence-corrected chi connectivity index (χ1v) is 10.6. The molecule has 2 aromatic heterocycles. The number of hydrogen-bond donors (Lipinski definition) is 2. The van der Waals surface area contributed by atoms with E-state index >= 15 is 0 Å². The van der Waals surface area contributed by atoms with Crippen LogP contribution in [0.15, 0.2) is 29.6 Å². The van der Waals surface area contributed by atoms with E-state index in [0.717, 1.165) is 31.4 Å². The number of benzene rings is 2. The van der Waals surface area contributed by atoms with Gasteiger partial charge in [0.2, 0.25) is 5.91 Å². The summed E-state index contributed by atoms with van der Waals surface area (Å²) in [5.41, 5.74) is 0.368. The first kappa shape index (κ1) is 21.1. The molecule has 2 N–H and O–H groups in total.